The van der Waals surface area contributed by atoms with Crippen molar-refractivity contribution in [2.45, 2.75) is 38.0 Å². The quantitative estimate of drug-likeness (QED) is 0.453. The zero-order valence-corrected chi connectivity index (χ0v) is 18.5. The molecule has 0 radical (unpaired) electrons. The largest absolute Gasteiger partial charge is 0.497 e. The minimum Gasteiger partial charge on any atom is -0.497 e. The van der Waals surface area contributed by atoms with Crippen molar-refractivity contribution in [3.63, 3.8) is 0 Å². The van der Waals surface area contributed by atoms with Crippen LogP contribution < -0.4 is 13.9 Å². The number of halogens is 2. The van der Waals surface area contributed by atoms with E-state index < -0.39 is 5.82 Å². The van der Waals surface area contributed by atoms with Crippen LogP contribution in [0.25, 0.3) is 0 Å². The average molecular weight is 459 g/mol. The van der Waals surface area contributed by atoms with E-state index in [2.05, 4.69) is 0 Å². The Hall–Kier alpha value is -2.51. The van der Waals surface area contributed by atoms with Gasteiger partial charge in [-0.25, -0.2) is 9.29 Å². The third kappa shape index (κ3) is 3.31. The topological polar surface area (TPSA) is 49.9 Å². The van der Waals surface area contributed by atoms with E-state index in [1.807, 2.05) is 28.6 Å². The van der Waals surface area contributed by atoms with E-state index in [1.54, 1.807) is 7.11 Å². The smallest absolute Gasteiger partial charge is 0.261 e. The van der Waals surface area contributed by atoms with Crippen molar-refractivity contribution in [3.05, 3.63) is 63.4 Å². The van der Waals surface area contributed by atoms with Crippen LogP contribution in [0.5, 0.6) is 5.75 Å². The molecule has 0 N–H and O–H groups in total. The molecular formula is C23H20ClFN2O3S. The molecule has 0 aromatic heterocycles. The molecule has 2 aromatic carbocycles. The van der Waals surface area contributed by atoms with E-state index in [-0.39, 0.29) is 22.5 Å². The predicted octanol–water partition coefficient (Wildman–Crippen LogP) is 5.40. The summed E-state index contributed by atoms with van der Waals surface area (Å²) in [5.41, 5.74) is 3.41. The summed E-state index contributed by atoms with van der Waals surface area (Å²) in [6.45, 7) is 0.545. The molecular weight excluding hydrogens is 439 g/mol. The Morgan fingerprint density at radius 3 is 2.32 bits per heavy atom. The summed E-state index contributed by atoms with van der Waals surface area (Å²) >= 11 is 7.93. The van der Waals surface area contributed by atoms with Gasteiger partial charge >= 0.3 is 0 Å². The number of hydrogen-bond acceptors (Lipinski definition) is 5. The molecule has 0 unspecified atom stereocenters. The number of amides is 2. The fourth-order valence-corrected chi connectivity index (χ4v) is 5.97. The van der Waals surface area contributed by atoms with Gasteiger partial charge < -0.3 is 9.04 Å². The molecule has 1 aliphatic carbocycles. The maximum Gasteiger partial charge on any atom is 0.261 e. The maximum absolute atomic E-state index is 15.1. The van der Waals surface area contributed by atoms with E-state index in [1.165, 1.54) is 18.0 Å². The molecule has 8 heteroatoms. The van der Waals surface area contributed by atoms with Gasteiger partial charge in [0.05, 0.1) is 30.1 Å². The van der Waals surface area contributed by atoms with Gasteiger partial charge in [-0.1, -0.05) is 23.7 Å². The first-order valence-electron chi connectivity index (χ1n) is 10.1. The number of imide groups is 1. The highest BCUT2D eigenvalue weighted by atomic mass is 35.5. The zero-order chi connectivity index (χ0) is 21.7. The molecule has 2 aromatic rings. The lowest BCUT2D eigenvalue weighted by atomic mass is 9.93. The van der Waals surface area contributed by atoms with Crippen LogP contribution in [-0.4, -0.2) is 18.9 Å². The minimum absolute atomic E-state index is 0.0496. The van der Waals surface area contributed by atoms with Crippen LogP contribution in [0.4, 0.5) is 15.8 Å². The summed E-state index contributed by atoms with van der Waals surface area (Å²) in [7, 11) is 1.62. The number of rotatable bonds is 4. The van der Waals surface area contributed by atoms with Crippen LogP contribution in [-0.2, 0) is 21.9 Å². The summed E-state index contributed by atoms with van der Waals surface area (Å²) in [4.78, 5) is 27.1. The molecule has 160 valence electrons. The van der Waals surface area contributed by atoms with Gasteiger partial charge in [0.15, 0.2) is 0 Å². The Morgan fingerprint density at radius 2 is 1.71 bits per heavy atom. The summed E-state index contributed by atoms with van der Waals surface area (Å²) in [6, 6.07) is 8.89. The lowest BCUT2D eigenvalue weighted by Gasteiger charge is -2.23. The lowest BCUT2D eigenvalue weighted by molar-refractivity contribution is -0.120. The van der Waals surface area contributed by atoms with E-state index in [0.29, 0.717) is 47.5 Å². The molecule has 31 heavy (non-hydrogen) atoms. The maximum atomic E-state index is 15.1. The predicted molar refractivity (Wildman–Crippen MR) is 120 cm³/mol. The Labute approximate surface area is 188 Å². The number of carbonyl (C=O) groups excluding carboxylic acids is 2. The molecule has 5 rings (SSSR count). The third-order valence-corrected chi connectivity index (χ3v) is 7.32. The van der Waals surface area contributed by atoms with Crippen molar-refractivity contribution in [1.29, 1.82) is 0 Å². The fourth-order valence-electron chi connectivity index (χ4n) is 4.47. The van der Waals surface area contributed by atoms with Crippen molar-refractivity contribution < 1.29 is 18.7 Å². The van der Waals surface area contributed by atoms with E-state index >= 15 is 4.39 Å². The van der Waals surface area contributed by atoms with Gasteiger partial charge in [0.2, 0.25) is 0 Å². The summed E-state index contributed by atoms with van der Waals surface area (Å²) in [5, 5.41) is 0.270. The molecule has 0 bridgehead atoms. The molecule has 0 fully saturated rings. The highest BCUT2D eigenvalue weighted by molar-refractivity contribution is 8.00. The van der Waals surface area contributed by atoms with E-state index in [9.17, 15) is 9.59 Å². The van der Waals surface area contributed by atoms with Crippen LogP contribution >= 0.6 is 23.5 Å². The van der Waals surface area contributed by atoms with Crippen LogP contribution in [0.3, 0.4) is 0 Å². The number of nitrogens with zero attached hydrogens (tertiary/aromatic N) is 2. The second-order valence-electron chi connectivity index (χ2n) is 7.78. The van der Waals surface area contributed by atoms with Crippen LogP contribution in [0.1, 0.15) is 36.8 Å². The first kappa shape index (κ1) is 20.4. The zero-order valence-electron chi connectivity index (χ0n) is 16.9. The Balaban J connectivity index is 1.52. The average Bonchev–Trinajstić information content (AvgIpc) is 3.30. The highest BCUT2D eigenvalue weighted by Gasteiger charge is 2.43. The fraction of sp³-hybridized carbons (Fsp3) is 0.304. The molecule has 5 nitrogen and oxygen atoms in total. The number of hydrogen-bond donors (Lipinski definition) is 0. The van der Waals surface area contributed by atoms with Crippen molar-refractivity contribution >= 4 is 46.7 Å². The van der Waals surface area contributed by atoms with Gasteiger partial charge in [0, 0.05) is 22.5 Å². The van der Waals surface area contributed by atoms with E-state index in [0.717, 1.165) is 29.1 Å². The first-order chi connectivity index (χ1) is 15.0. The van der Waals surface area contributed by atoms with Gasteiger partial charge in [-0.05, 0) is 61.4 Å². The SMILES string of the molecule is COc1ccc(CN2SCc3c2c(Cl)cc(F)c3N2C(=O)C3=C(CCCC3)C2=O)cc1. The van der Waals surface area contributed by atoms with Gasteiger partial charge in [-0.2, -0.15) is 0 Å². The molecule has 2 heterocycles. The van der Waals surface area contributed by atoms with Crippen molar-refractivity contribution in [2.24, 2.45) is 0 Å². The molecule has 2 amide bonds. The number of fused-ring (bicyclic) bond motifs is 1. The Kier molecular flexibility index (Phi) is 5.18. The number of benzene rings is 2. The highest BCUT2D eigenvalue weighted by Crippen LogP contribution is 2.50. The number of ether oxygens (including phenoxy) is 1. The second-order valence-corrected chi connectivity index (χ2v) is 9.18. The molecule has 0 saturated heterocycles. The standard InChI is InChI=1S/C23H20ClFN2O3S/c1-30-14-8-6-13(7-9-14)11-26-20-17(12-31-26)21(19(25)10-18(20)24)27-22(28)15-4-2-3-5-16(15)23(27)29/h6-10H,2-5,11-12H2,1H3. The third-order valence-electron chi connectivity index (χ3n) is 5.99. The van der Waals surface area contributed by atoms with Gasteiger partial charge in [-0.15, -0.1) is 0 Å². The van der Waals surface area contributed by atoms with Crippen molar-refractivity contribution in [1.82, 2.24) is 0 Å². The monoisotopic (exact) mass is 458 g/mol. The molecule has 0 atom stereocenters. The number of methoxy groups -OCH3 is 1. The summed E-state index contributed by atoms with van der Waals surface area (Å²) < 4.78 is 22.3. The second kappa shape index (κ2) is 7.88. The summed E-state index contributed by atoms with van der Waals surface area (Å²) in [6.07, 6.45) is 2.90. The molecule has 0 saturated carbocycles. The Morgan fingerprint density at radius 1 is 1.06 bits per heavy atom. The van der Waals surface area contributed by atoms with Crippen LogP contribution in [0, 0.1) is 5.82 Å². The van der Waals surface area contributed by atoms with E-state index in [4.69, 9.17) is 16.3 Å². The Bertz CT molecular complexity index is 1100. The number of anilines is 2. The first-order valence-corrected chi connectivity index (χ1v) is 11.5. The van der Waals surface area contributed by atoms with Crippen molar-refractivity contribution in [2.75, 3.05) is 16.3 Å². The number of carbonyl (C=O) groups is 2. The van der Waals surface area contributed by atoms with Gasteiger partial charge in [0.25, 0.3) is 11.8 Å². The van der Waals surface area contributed by atoms with Crippen LogP contribution in [0.15, 0.2) is 41.5 Å². The minimum atomic E-state index is -0.641. The molecule has 3 aliphatic rings. The molecule has 0 spiro atoms. The molecule has 2 aliphatic heterocycles. The van der Waals surface area contributed by atoms with Gasteiger partial charge in [-0.3, -0.25) is 9.59 Å². The summed E-state index contributed by atoms with van der Waals surface area (Å²) in [5.74, 6) is -0.219. The normalized spacial score (nSPS) is 18.0. The lowest BCUT2D eigenvalue weighted by Crippen LogP contribution is -2.33. The van der Waals surface area contributed by atoms with Crippen LogP contribution in [0.2, 0.25) is 5.02 Å². The van der Waals surface area contributed by atoms with Crippen molar-refractivity contribution in [3.8, 4) is 5.75 Å². The van der Waals surface area contributed by atoms with Gasteiger partial charge in [0.1, 0.15) is 11.6 Å².